The van der Waals surface area contributed by atoms with Crippen LogP contribution in [0.4, 0.5) is 0 Å². The maximum absolute atomic E-state index is 10.8. The number of fused-ring (bicyclic) bond motifs is 3. The van der Waals surface area contributed by atoms with Crippen molar-refractivity contribution in [3.63, 3.8) is 0 Å². The quantitative estimate of drug-likeness (QED) is 0.0734. The van der Waals surface area contributed by atoms with Crippen LogP contribution in [0.3, 0.4) is 0 Å². The zero-order valence-corrected chi connectivity index (χ0v) is 31.8. The average molecular weight is 760 g/mol. The minimum Gasteiger partial charge on any atom is -0.505 e. The first-order valence-electron chi connectivity index (χ1n) is 18.7. The van der Waals surface area contributed by atoms with Gasteiger partial charge in [0.2, 0.25) is 0 Å². The van der Waals surface area contributed by atoms with E-state index in [1.807, 2.05) is 91.0 Å². The van der Waals surface area contributed by atoms with Crippen molar-refractivity contribution in [3.8, 4) is 17.2 Å². The Bertz CT molecular complexity index is 2310. The van der Waals surface area contributed by atoms with Crippen molar-refractivity contribution in [3.05, 3.63) is 179 Å². The van der Waals surface area contributed by atoms with Crippen LogP contribution < -0.4 is 0 Å². The van der Waals surface area contributed by atoms with E-state index >= 15 is 0 Å². The van der Waals surface area contributed by atoms with Crippen LogP contribution in [0.2, 0.25) is 0 Å². The molecule has 0 aliphatic heterocycles. The molecule has 0 aliphatic carbocycles. The van der Waals surface area contributed by atoms with Crippen molar-refractivity contribution < 1.29 is 29.5 Å². The highest BCUT2D eigenvalue weighted by Crippen LogP contribution is 2.31. The summed E-state index contributed by atoms with van der Waals surface area (Å²) in [5.74, 6) is 0.484. The van der Waals surface area contributed by atoms with Crippen LogP contribution in [0.5, 0.6) is 17.2 Å². The third-order valence-corrected chi connectivity index (χ3v) is 9.65. The van der Waals surface area contributed by atoms with Crippen LogP contribution in [0.15, 0.2) is 146 Å². The summed E-state index contributed by atoms with van der Waals surface area (Å²) in [6.45, 7) is 14.5. The second kappa shape index (κ2) is 18.0. The van der Waals surface area contributed by atoms with E-state index in [0.717, 1.165) is 66.3 Å². The predicted molar refractivity (Wildman–Crippen MR) is 224 cm³/mol. The molecule has 3 aromatic heterocycles. The Labute approximate surface area is 331 Å². The summed E-state index contributed by atoms with van der Waals surface area (Å²) in [5, 5.41) is 35.1. The molecule has 0 unspecified atom stereocenters. The Hall–Kier alpha value is -6.39. The van der Waals surface area contributed by atoms with Gasteiger partial charge in [-0.2, -0.15) is 0 Å². The molecule has 3 heterocycles. The highest BCUT2D eigenvalue weighted by molar-refractivity contribution is 5.87. The molecule has 0 aliphatic rings. The van der Waals surface area contributed by atoms with E-state index in [9.17, 15) is 15.3 Å². The lowest BCUT2D eigenvalue weighted by Crippen LogP contribution is -2.06. The SMILES string of the molecule is C=C(COCc1cc(COCC(=C)Cc2ccc3cccnc3c2O)cc(COCC(=C)Cc2ccc3cccnc3c2O)c1)Cc1ccc2cccnc2c1O. The van der Waals surface area contributed by atoms with Crippen LogP contribution in [0.1, 0.15) is 33.4 Å². The van der Waals surface area contributed by atoms with Gasteiger partial charge >= 0.3 is 0 Å². The number of aromatic nitrogens is 3. The molecule has 4 aromatic carbocycles. The average Bonchev–Trinajstić information content (AvgIpc) is 3.21. The molecule has 0 fully saturated rings. The number of aromatic hydroxyl groups is 3. The molecule has 3 N–H and O–H groups in total. The Morgan fingerprint density at radius 3 is 1.04 bits per heavy atom. The molecule has 0 saturated carbocycles. The van der Waals surface area contributed by atoms with Gasteiger partial charge in [0.1, 0.15) is 33.8 Å². The van der Waals surface area contributed by atoms with Crippen molar-refractivity contribution in [2.45, 2.75) is 39.1 Å². The summed E-state index contributed by atoms with van der Waals surface area (Å²) in [5.41, 5.74) is 9.24. The van der Waals surface area contributed by atoms with Gasteiger partial charge in [-0.1, -0.05) is 92.5 Å². The van der Waals surface area contributed by atoms with E-state index in [2.05, 4.69) is 34.7 Å². The van der Waals surface area contributed by atoms with E-state index in [4.69, 9.17) is 14.2 Å². The Morgan fingerprint density at radius 1 is 0.439 bits per heavy atom. The van der Waals surface area contributed by atoms with Gasteiger partial charge in [0.25, 0.3) is 0 Å². The largest absolute Gasteiger partial charge is 0.505 e. The van der Waals surface area contributed by atoms with E-state index in [1.165, 1.54) is 0 Å². The van der Waals surface area contributed by atoms with Gasteiger partial charge in [-0.05, 0) is 70.9 Å². The number of benzene rings is 4. The summed E-state index contributed by atoms with van der Waals surface area (Å²) in [4.78, 5) is 13.0. The van der Waals surface area contributed by atoms with E-state index in [1.54, 1.807) is 18.6 Å². The van der Waals surface area contributed by atoms with Gasteiger partial charge in [-0.25, -0.2) is 0 Å². The lowest BCUT2D eigenvalue weighted by atomic mass is 10.0. The first-order valence-corrected chi connectivity index (χ1v) is 18.7. The molecule has 7 aromatic rings. The number of ether oxygens (including phenoxy) is 3. The highest BCUT2D eigenvalue weighted by atomic mass is 16.5. The van der Waals surface area contributed by atoms with Gasteiger partial charge in [-0.15, -0.1) is 0 Å². The lowest BCUT2D eigenvalue weighted by molar-refractivity contribution is 0.133. The highest BCUT2D eigenvalue weighted by Gasteiger charge is 2.13. The molecule has 7 rings (SSSR count). The Balaban J connectivity index is 0.971. The van der Waals surface area contributed by atoms with Crippen molar-refractivity contribution in [1.82, 2.24) is 15.0 Å². The monoisotopic (exact) mass is 759 g/mol. The topological polar surface area (TPSA) is 127 Å². The number of nitrogens with zero attached hydrogens (tertiary/aromatic N) is 3. The maximum Gasteiger partial charge on any atom is 0.145 e. The zero-order chi connectivity index (χ0) is 39.7. The Kier molecular flexibility index (Phi) is 12.3. The zero-order valence-electron chi connectivity index (χ0n) is 31.8. The minimum atomic E-state index is 0.161. The molecule has 9 heteroatoms. The van der Waals surface area contributed by atoms with Gasteiger partial charge < -0.3 is 29.5 Å². The summed E-state index contributed by atoms with van der Waals surface area (Å²) in [6.07, 6.45) is 6.38. The molecule has 0 atom stereocenters. The molecule has 9 nitrogen and oxygen atoms in total. The predicted octanol–water partition coefficient (Wildman–Crippen LogP) is 9.39. The normalized spacial score (nSPS) is 11.4. The summed E-state index contributed by atoms with van der Waals surface area (Å²) < 4.78 is 18.4. The smallest absolute Gasteiger partial charge is 0.145 e. The fourth-order valence-electron chi connectivity index (χ4n) is 6.93. The van der Waals surface area contributed by atoms with Crippen molar-refractivity contribution in [2.75, 3.05) is 19.8 Å². The Morgan fingerprint density at radius 2 is 0.737 bits per heavy atom. The first-order chi connectivity index (χ1) is 27.7. The third kappa shape index (κ3) is 9.71. The molecule has 0 radical (unpaired) electrons. The number of hydrogen-bond acceptors (Lipinski definition) is 9. The molecule has 0 bridgehead atoms. The lowest BCUT2D eigenvalue weighted by Gasteiger charge is -2.14. The number of rotatable bonds is 18. The number of phenolic OH excluding ortho intramolecular Hbond substituents is 3. The molecule has 288 valence electrons. The molecule has 0 saturated heterocycles. The molecular formula is C48H45N3O6. The minimum absolute atomic E-state index is 0.161. The maximum atomic E-state index is 10.8. The third-order valence-electron chi connectivity index (χ3n) is 9.65. The summed E-state index contributed by atoms with van der Waals surface area (Å²) >= 11 is 0. The van der Waals surface area contributed by atoms with Gasteiger partial charge in [-0.3, -0.25) is 15.0 Å². The number of pyridine rings is 3. The van der Waals surface area contributed by atoms with Crippen LogP contribution in [0, 0.1) is 0 Å². The summed E-state index contributed by atoms with van der Waals surface area (Å²) in [7, 11) is 0. The van der Waals surface area contributed by atoms with Crippen molar-refractivity contribution >= 4 is 32.7 Å². The summed E-state index contributed by atoms with van der Waals surface area (Å²) in [6, 6.07) is 29.0. The molecular weight excluding hydrogens is 715 g/mol. The fourth-order valence-corrected chi connectivity index (χ4v) is 6.93. The van der Waals surface area contributed by atoms with Crippen LogP contribution >= 0.6 is 0 Å². The van der Waals surface area contributed by atoms with Gasteiger partial charge in [0.05, 0.1) is 39.6 Å². The number of hydrogen-bond donors (Lipinski definition) is 3. The fraction of sp³-hybridized carbons (Fsp3) is 0.188. The van der Waals surface area contributed by atoms with E-state index in [-0.39, 0.29) is 17.2 Å². The van der Waals surface area contributed by atoms with Crippen LogP contribution in [0.25, 0.3) is 32.7 Å². The first kappa shape index (κ1) is 38.9. The van der Waals surface area contributed by atoms with Crippen LogP contribution in [-0.2, 0) is 53.3 Å². The second-order valence-corrected chi connectivity index (χ2v) is 14.4. The molecule has 0 spiro atoms. The molecule has 57 heavy (non-hydrogen) atoms. The van der Waals surface area contributed by atoms with E-state index in [0.29, 0.717) is 75.5 Å². The van der Waals surface area contributed by atoms with Crippen molar-refractivity contribution in [1.29, 1.82) is 0 Å². The van der Waals surface area contributed by atoms with Gasteiger partial charge in [0.15, 0.2) is 0 Å². The van der Waals surface area contributed by atoms with E-state index < -0.39 is 0 Å². The van der Waals surface area contributed by atoms with Crippen molar-refractivity contribution in [2.24, 2.45) is 0 Å². The number of phenols is 3. The standard InChI is InChI=1S/C48H45N3O6/c1-31(19-40-13-10-37-7-4-16-49-43(37)46(40)52)25-55-28-34-22-35(29-56-26-32(2)20-41-14-11-38-8-5-17-50-44(38)47(41)53)24-36(23-34)30-57-27-33(3)21-42-15-12-39-9-6-18-51-45(39)48(42)54/h4-18,22-24,52-54H,1-3,19-21,25-30H2. The van der Waals surface area contributed by atoms with Gasteiger partial charge in [0, 0.05) is 51.4 Å². The molecule has 0 amide bonds. The second-order valence-electron chi connectivity index (χ2n) is 14.4. The van der Waals surface area contributed by atoms with Crippen LogP contribution in [-0.4, -0.2) is 50.1 Å².